The zero-order valence-corrected chi connectivity index (χ0v) is 6.33. The third-order valence-electron chi connectivity index (χ3n) is 1.43. The van der Waals surface area contributed by atoms with Gasteiger partial charge in [0.1, 0.15) is 0 Å². The van der Waals surface area contributed by atoms with Crippen LogP contribution in [0.2, 0.25) is 0 Å². The maximum Gasteiger partial charge on any atom is 0.0871 e. The lowest BCUT2D eigenvalue weighted by Crippen LogP contribution is -1.99. The molecule has 0 aliphatic heterocycles. The molecule has 0 aliphatic rings. The molecule has 1 atom stereocenters. The second kappa shape index (κ2) is 4.33. The van der Waals surface area contributed by atoms with Gasteiger partial charge in [-0.2, -0.15) is 0 Å². The Balaban J connectivity index is 2.87. The van der Waals surface area contributed by atoms with Crippen molar-refractivity contribution in [3.8, 4) is 0 Å². The number of hydrogen-bond donors (Lipinski definition) is 1. The number of aromatic nitrogens is 1. The van der Waals surface area contributed by atoms with Gasteiger partial charge in [-0.05, 0) is 17.2 Å². The van der Waals surface area contributed by atoms with Gasteiger partial charge in [-0.25, -0.2) is 0 Å². The van der Waals surface area contributed by atoms with Crippen LogP contribution in [-0.2, 0) is 0 Å². The first-order chi connectivity index (χ1) is 5.88. The molecule has 12 heavy (non-hydrogen) atoms. The minimum Gasteiger partial charge on any atom is -0.396 e. The van der Waals surface area contributed by atoms with Crippen LogP contribution in [0.1, 0.15) is 11.6 Å². The van der Waals surface area contributed by atoms with E-state index in [0.29, 0.717) is 0 Å². The Morgan fingerprint density at radius 3 is 3.08 bits per heavy atom. The molecule has 0 spiro atoms. The quantitative estimate of drug-likeness (QED) is 0.416. The molecule has 0 aliphatic carbocycles. The summed E-state index contributed by atoms with van der Waals surface area (Å²) in [5.41, 5.74) is 8.88. The van der Waals surface area contributed by atoms with Crippen LogP contribution in [0.4, 0.5) is 0 Å². The summed E-state index contributed by atoms with van der Waals surface area (Å²) in [5.74, 6) is 0. The minimum absolute atomic E-state index is 0.199. The van der Waals surface area contributed by atoms with E-state index in [1.165, 1.54) is 0 Å². The average Bonchev–Trinajstić information content (AvgIpc) is 2.15. The van der Waals surface area contributed by atoms with Crippen LogP contribution in [0.5, 0.6) is 0 Å². The van der Waals surface area contributed by atoms with Gasteiger partial charge in [-0.15, -0.1) is 0 Å². The molecule has 5 heteroatoms. The number of aliphatic hydroxyl groups is 1. The highest BCUT2D eigenvalue weighted by Crippen LogP contribution is 2.14. The van der Waals surface area contributed by atoms with Gasteiger partial charge in [0.25, 0.3) is 0 Å². The summed E-state index contributed by atoms with van der Waals surface area (Å²) in [6.07, 6.45) is 3.18. The van der Waals surface area contributed by atoms with E-state index in [1.807, 2.05) is 0 Å². The van der Waals surface area contributed by atoms with Gasteiger partial charge >= 0.3 is 0 Å². The van der Waals surface area contributed by atoms with Gasteiger partial charge in [0.2, 0.25) is 0 Å². The van der Waals surface area contributed by atoms with Crippen molar-refractivity contribution in [1.29, 1.82) is 0 Å². The molecular weight excluding hydrogens is 156 g/mol. The summed E-state index contributed by atoms with van der Waals surface area (Å²) in [4.78, 5) is 6.46. The summed E-state index contributed by atoms with van der Waals surface area (Å²) < 4.78 is 0. The molecule has 1 rings (SSSR count). The molecule has 1 aromatic rings. The summed E-state index contributed by atoms with van der Waals surface area (Å²) in [6, 6.07) is 2.96. The fraction of sp³-hybridized carbons (Fsp3) is 0.286. The molecule has 0 fully saturated rings. The lowest BCUT2D eigenvalue weighted by molar-refractivity contribution is 0.267. The van der Waals surface area contributed by atoms with Crippen LogP contribution >= 0.6 is 0 Å². The second-order valence-electron chi connectivity index (χ2n) is 2.19. The van der Waals surface area contributed by atoms with Crippen molar-refractivity contribution in [3.63, 3.8) is 0 Å². The summed E-state index contributed by atoms with van der Waals surface area (Å²) in [5, 5.41) is 12.2. The number of azide groups is 1. The molecule has 0 saturated carbocycles. The van der Waals surface area contributed by atoms with Crippen molar-refractivity contribution in [1.82, 2.24) is 4.98 Å². The van der Waals surface area contributed by atoms with Crippen LogP contribution in [0, 0.1) is 0 Å². The lowest BCUT2D eigenvalue weighted by Gasteiger charge is -2.05. The van der Waals surface area contributed by atoms with Crippen molar-refractivity contribution >= 4 is 0 Å². The lowest BCUT2D eigenvalue weighted by atomic mass is 10.1. The molecule has 0 saturated heterocycles. The van der Waals surface area contributed by atoms with Crippen LogP contribution in [0.3, 0.4) is 0 Å². The zero-order valence-electron chi connectivity index (χ0n) is 6.33. The van der Waals surface area contributed by atoms with Gasteiger partial charge in [0, 0.05) is 17.3 Å². The van der Waals surface area contributed by atoms with Gasteiger partial charge in [-0.1, -0.05) is 11.2 Å². The SMILES string of the molecule is [N-]=[N+]=NC(CO)c1cccnc1. The Bertz CT molecular complexity index is 281. The highest BCUT2D eigenvalue weighted by Gasteiger charge is 2.06. The molecule has 1 N–H and O–H groups in total. The fourth-order valence-electron chi connectivity index (χ4n) is 0.844. The molecule has 0 radical (unpaired) electrons. The monoisotopic (exact) mass is 164 g/mol. The normalized spacial score (nSPS) is 11.8. The molecule has 5 nitrogen and oxygen atoms in total. The second-order valence-corrected chi connectivity index (χ2v) is 2.19. The molecule has 1 unspecified atom stereocenters. The Hall–Kier alpha value is -1.58. The maximum atomic E-state index is 8.82. The number of nitrogens with zero attached hydrogens (tertiary/aromatic N) is 4. The van der Waals surface area contributed by atoms with Crippen molar-refractivity contribution in [2.75, 3.05) is 6.61 Å². The maximum absolute atomic E-state index is 8.82. The van der Waals surface area contributed by atoms with E-state index in [4.69, 9.17) is 10.6 Å². The Morgan fingerprint density at radius 1 is 1.75 bits per heavy atom. The molecular formula is C7H8N4O. The van der Waals surface area contributed by atoms with Crippen LogP contribution < -0.4 is 0 Å². The first kappa shape index (κ1) is 8.52. The van der Waals surface area contributed by atoms with Gasteiger partial charge in [0.15, 0.2) is 0 Å². The Morgan fingerprint density at radius 2 is 2.58 bits per heavy atom. The zero-order chi connectivity index (χ0) is 8.81. The smallest absolute Gasteiger partial charge is 0.0871 e. The highest BCUT2D eigenvalue weighted by atomic mass is 16.3. The van der Waals surface area contributed by atoms with E-state index in [-0.39, 0.29) is 6.61 Å². The molecule has 62 valence electrons. The van der Waals surface area contributed by atoms with Crippen molar-refractivity contribution in [3.05, 3.63) is 40.5 Å². The average molecular weight is 164 g/mol. The van der Waals surface area contributed by atoms with Gasteiger partial charge in [0.05, 0.1) is 12.6 Å². The minimum atomic E-state index is -0.524. The third-order valence-corrected chi connectivity index (χ3v) is 1.43. The van der Waals surface area contributed by atoms with Crippen LogP contribution in [0.25, 0.3) is 10.4 Å². The van der Waals surface area contributed by atoms with Crippen molar-refractivity contribution in [2.45, 2.75) is 6.04 Å². The Labute approximate surface area is 69.3 Å². The van der Waals surface area contributed by atoms with Gasteiger partial charge < -0.3 is 5.11 Å². The highest BCUT2D eigenvalue weighted by molar-refractivity contribution is 5.13. The molecule has 1 aromatic heterocycles. The van der Waals surface area contributed by atoms with E-state index in [0.717, 1.165) is 5.56 Å². The van der Waals surface area contributed by atoms with E-state index < -0.39 is 6.04 Å². The number of pyridine rings is 1. The number of aliphatic hydroxyl groups excluding tert-OH is 1. The molecule has 0 amide bonds. The first-order valence-corrected chi connectivity index (χ1v) is 3.43. The van der Waals surface area contributed by atoms with Crippen molar-refractivity contribution in [2.24, 2.45) is 5.11 Å². The van der Waals surface area contributed by atoms with Gasteiger partial charge in [-0.3, -0.25) is 4.98 Å². The predicted molar refractivity (Wildman–Crippen MR) is 43.2 cm³/mol. The van der Waals surface area contributed by atoms with E-state index in [9.17, 15) is 0 Å². The first-order valence-electron chi connectivity index (χ1n) is 3.43. The van der Waals surface area contributed by atoms with Crippen LogP contribution in [-0.4, -0.2) is 16.7 Å². The number of hydrogen-bond acceptors (Lipinski definition) is 3. The number of rotatable bonds is 3. The largest absolute Gasteiger partial charge is 0.396 e. The summed E-state index contributed by atoms with van der Waals surface area (Å²) >= 11 is 0. The topological polar surface area (TPSA) is 81.9 Å². The van der Waals surface area contributed by atoms with Crippen molar-refractivity contribution < 1.29 is 5.11 Å². The molecule has 0 bridgehead atoms. The van der Waals surface area contributed by atoms with E-state index in [2.05, 4.69) is 15.0 Å². The van der Waals surface area contributed by atoms with E-state index >= 15 is 0 Å². The third kappa shape index (κ3) is 1.95. The summed E-state index contributed by atoms with van der Waals surface area (Å²) in [7, 11) is 0. The summed E-state index contributed by atoms with van der Waals surface area (Å²) in [6.45, 7) is -0.199. The molecule has 1 heterocycles. The fourth-order valence-corrected chi connectivity index (χ4v) is 0.844. The standard InChI is InChI=1S/C7H8N4O/c8-11-10-7(5-12)6-2-1-3-9-4-6/h1-4,7,12H,5H2. The van der Waals surface area contributed by atoms with E-state index in [1.54, 1.807) is 24.5 Å². The Kier molecular flexibility index (Phi) is 3.07. The predicted octanol–water partition coefficient (Wildman–Crippen LogP) is 1.43. The molecule has 0 aromatic carbocycles. The van der Waals surface area contributed by atoms with Crippen LogP contribution in [0.15, 0.2) is 29.6 Å².